The highest BCUT2D eigenvalue weighted by Gasteiger charge is 2.17. The zero-order valence-corrected chi connectivity index (χ0v) is 23.2. The molecule has 0 saturated carbocycles. The average molecular weight is 542 g/mol. The van der Waals surface area contributed by atoms with Crippen LogP contribution in [0.15, 0.2) is 83.8 Å². The van der Waals surface area contributed by atoms with Gasteiger partial charge in [0.15, 0.2) is 6.61 Å². The summed E-state index contributed by atoms with van der Waals surface area (Å²) in [6.45, 7) is 8.42. The van der Waals surface area contributed by atoms with E-state index in [-0.39, 0.29) is 17.4 Å². The number of hydrogen-bond donors (Lipinski definition) is 2. The standard InChI is InChI=1S/C31H31N3O4S/c1-5-34-28-9-7-6-8-26(28)27-18-23(12-14-29(27)34)32-31(35)19-38-30-15-13-25(17-22(30)4)39(36,37)33-24-11-10-20(2)21(3)16-24/h6-18,33H,5,19H2,1-4H3,(H,32,35). The van der Waals surface area contributed by atoms with E-state index in [0.29, 0.717) is 22.7 Å². The maximum Gasteiger partial charge on any atom is 0.262 e. The van der Waals surface area contributed by atoms with Gasteiger partial charge in [0.1, 0.15) is 5.75 Å². The number of aryl methyl sites for hydroxylation is 4. The van der Waals surface area contributed by atoms with Crippen LogP contribution >= 0.6 is 0 Å². The third-order valence-electron chi connectivity index (χ3n) is 6.95. The van der Waals surface area contributed by atoms with E-state index >= 15 is 0 Å². The van der Waals surface area contributed by atoms with Crippen LogP contribution in [0.1, 0.15) is 23.6 Å². The summed E-state index contributed by atoms with van der Waals surface area (Å²) in [7, 11) is -3.77. The molecule has 0 unspecified atom stereocenters. The van der Waals surface area contributed by atoms with E-state index < -0.39 is 10.0 Å². The molecule has 0 spiro atoms. The van der Waals surface area contributed by atoms with Gasteiger partial charge in [0.2, 0.25) is 0 Å². The van der Waals surface area contributed by atoms with Crippen molar-refractivity contribution in [3.8, 4) is 5.75 Å². The monoisotopic (exact) mass is 541 g/mol. The predicted octanol–water partition coefficient (Wildman–Crippen LogP) is 6.56. The van der Waals surface area contributed by atoms with Gasteiger partial charge in [0.05, 0.1) is 4.90 Å². The van der Waals surface area contributed by atoms with Gasteiger partial charge in [0.25, 0.3) is 15.9 Å². The van der Waals surface area contributed by atoms with Gasteiger partial charge in [-0.2, -0.15) is 0 Å². The summed E-state index contributed by atoms with van der Waals surface area (Å²) in [6.07, 6.45) is 0. The molecule has 0 aliphatic carbocycles. The summed E-state index contributed by atoms with van der Waals surface area (Å²) in [5, 5.41) is 5.12. The lowest BCUT2D eigenvalue weighted by Crippen LogP contribution is -2.20. The molecular formula is C31H31N3O4S. The summed E-state index contributed by atoms with van der Waals surface area (Å²) >= 11 is 0. The number of para-hydroxylation sites is 1. The molecule has 0 aliphatic rings. The number of benzene rings is 4. The number of nitrogens with zero attached hydrogens (tertiary/aromatic N) is 1. The van der Waals surface area contributed by atoms with Crippen LogP contribution < -0.4 is 14.8 Å². The maximum absolute atomic E-state index is 12.9. The molecule has 0 aliphatic heterocycles. The fraction of sp³-hybridized carbons (Fsp3) is 0.194. The Bertz CT molecular complexity index is 1820. The number of carbonyl (C=O) groups excluding carboxylic acids is 1. The van der Waals surface area contributed by atoms with E-state index in [1.54, 1.807) is 25.1 Å². The van der Waals surface area contributed by atoms with E-state index in [0.717, 1.165) is 39.5 Å². The molecule has 0 radical (unpaired) electrons. The van der Waals surface area contributed by atoms with E-state index in [1.807, 2.05) is 50.2 Å². The molecule has 1 aromatic heterocycles. The molecule has 7 nitrogen and oxygen atoms in total. The first-order valence-electron chi connectivity index (χ1n) is 12.8. The molecule has 5 rings (SSSR count). The minimum Gasteiger partial charge on any atom is -0.483 e. The number of sulfonamides is 1. The molecule has 200 valence electrons. The van der Waals surface area contributed by atoms with Crippen LogP contribution in [-0.2, 0) is 21.4 Å². The third-order valence-corrected chi connectivity index (χ3v) is 8.33. The van der Waals surface area contributed by atoms with Crippen LogP contribution in [0.3, 0.4) is 0 Å². The van der Waals surface area contributed by atoms with Crippen LogP contribution in [0.2, 0.25) is 0 Å². The van der Waals surface area contributed by atoms with Gasteiger partial charge in [-0.25, -0.2) is 8.42 Å². The second kappa shape index (κ2) is 10.5. The highest BCUT2D eigenvalue weighted by molar-refractivity contribution is 7.92. The molecule has 4 aromatic carbocycles. The second-order valence-electron chi connectivity index (χ2n) is 9.66. The summed E-state index contributed by atoms with van der Waals surface area (Å²) in [5.41, 5.74) is 6.16. The lowest BCUT2D eigenvalue weighted by Gasteiger charge is -2.13. The Hall–Kier alpha value is -4.30. The van der Waals surface area contributed by atoms with Crippen molar-refractivity contribution in [3.05, 3.63) is 95.6 Å². The first-order chi connectivity index (χ1) is 18.7. The minimum atomic E-state index is -3.77. The summed E-state index contributed by atoms with van der Waals surface area (Å²) in [5.74, 6) is 0.137. The number of rotatable bonds is 8. The molecule has 0 fully saturated rings. The van der Waals surface area contributed by atoms with Crippen molar-refractivity contribution >= 4 is 49.1 Å². The van der Waals surface area contributed by atoms with Crippen LogP contribution in [-0.4, -0.2) is 25.5 Å². The second-order valence-corrected chi connectivity index (χ2v) is 11.3. The summed E-state index contributed by atoms with van der Waals surface area (Å²) in [6, 6.07) is 24.1. The van der Waals surface area contributed by atoms with Gasteiger partial charge < -0.3 is 14.6 Å². The van der Waals surface area contributed by atoms with Crippen LogP contribution in [0.25, 0.3) is 21.8 Å². The number of aromatic nitrogens is 1. The third kappa shape index (κ3) is 5.33. The van der Waals surface area contributed by atoms with E-state index in [4.69, 9.17) is 4.74 Å². The first-order valence-corrected chi connectivity index (χ1v) is 14.3. The molecular weight excluding hydrogens is 510 g/mol. The van der Waals surface area contributed by atoms with Gasteiger partial charge in [-0.3, -0.25) is 9.52 Å². The fourth-order valence-electron chi connectivity index (χ4n) is 4.78. The highest BCUT2D eigenvalue weighted by Crippen LogP contribution is 2.31. The number of nitrogens with one attached hydrogen (secondary N) is 2. The zero-order chi connectivity index (χ0) is 27.7. The van der Waals surface area contributed by atoms with Crippen LogP contribution in [0, 0.1) is 20.8 Å². The quantitative estimate of drug-likeness (QED) is 0.233. The molecule has 0 bridgehead atoms. The molecule has 8 heteroatoms. The Morgan fingerprint density at radius 3 is 2.28 bits per heavy atom. The molecule has 39 heavy (non-hydrogen) atoms. The van der Waals surface area contributed by atoms with Crippen molar-refractivity contribution in [2.75, 3.05) is 16.6 Å². The van der Waals surface area contributed by atoms with E-state index in [2.05, 4.69) is 33.7 Å². The van der Waals surface area contributed by atoms with Gasteiger partial charge in [-0.05, 0) is 99.0 Å². The predicted molar refractivity (Wildman–Crippen MR) is 157 cm³/mol. The number of carbonyl (C=O) groups is 1. The maximum atomic E-state index is 12.9. The largest absolute Gasteiger partial charge is 0.483 e. The topological polar surface area (TPSA) is 89.4 Å². The molecule has 1 amide bonds. The van der Waals surface area contributed by atoms with Gasteiger partial charge in [-0.15, -0.1) is 0 Å². The Balaban J connectivity index is 1.26. The summed E-state index contributed by atoms with van der Waals surface area (Å²) in [4.78, 5) is 12.8. The van der Waals surface area contributed by atoms with Gasteiger partial charge >= 0.3 is 0 Å². The number of fused-ring (bicyclic) bond motifs is 3. The fourth-order valence-corrected chi connectivity index (χ4v) is 5.92. The first kappa shape index (κ1) is 26.3. The van der Waals surface area contributed by atoms with E-state index in [9.17, 15) is 13.2 Å². The van der Waals surface area contributed by atoms with Crippen molar-refractivity contribution in [1.29, 1.82) is 0 Å². The summed E-state index contributed by atoms with van der Waals surface area (Å²) < 4.78 is 36.4. The van der Waals surface area contributed by atoms with Gasteiger partial charge in [-0.1, -0.05) is 24.3 Å². The van der Waals surface area contributed by atoms with Gasteiger partial charge in [0, 0.05) is 39.7 Å². The number of amides is 1. The Morgan fingerprint density at radius 2 is 1.54 bits per heavy atom. The smallest absolute Gasteiger partial charge is 0.262 e. The Kier molecular flexibility index (Phi) is 7.06. The Labute approximate surface area is 228 Å². The number of ether oxygens (including phenoxy) is 1. The minimum absolute atomic E-state index is 0.120. The normalized spacial score (nSPS) is 11.6. The van der Waals surface area contributed by atoms with Crippen molar-refractivity contribution in [2.24, 2.45) is 0 Å². The lowest BCUT2D eigenvalue weighted by atomic mass is 10.1. The molecule has 0 atom stereocenters. The number of hydrogen-bond acceptors (Lipinski definition) is 4. The van der Waals surface area contributed by atoms with Crippen LogP contribution in [0.4, 0.5) is 11.4 Å². The molecule has 0 saturated heterocycles. The van der Waals surface area contributed by atoms with Crippen molar-refractivity contribution in [1.82, 2.24) is 4.57 Å². The zero-order valence-electron chi connectivity index (χ0n) is 22.4. The molecule has 2 N–H and O–H groups in total. The van der Waals surface area contributed by atoms with Crippen molar-refractivity contribution < 1.29 is 17.9 Å². The van der Waals surface area contributed by atoms with Crippen LogP contribution in [0.5, 0.6) is 5.75 Å². The van der Waals surface area contributed by atoms with Crippen molar-refractivity contribution in [2.45, 2.75) is 39.1 Å². The molecule has 1 heterocycles. The SMILES string of the molecule is CCn1c2ccccc2c2cc(NC(=O)COc3ccc(S(=O)(=O)Nc4ccc(C)c(C)c4)cc3C)ccc21. The lowest BCUT2D eigenvalue weighted by molar-refractivity contribution is -0.118. The van der Waals surface area contributed by atoms with E-state index in [1.165, 1.54) is 12.1 Å². The Morgan fingerprint density at radius 1 is 0.795 bits per heavy atom. The van der Waals surface area contributed by atoms with Crippen molar-refractivity contribution in [3.63, 3.8) is 0 Å². The highest BCUT2D eigenvalue weighted by atomic mass is 32.2. The molecule has 5 aromatic rings. The number of anilines is 2. The average Bonchev–Trinajstić information content (AvgIpc) is 3.23.